The van der Waals surface area contributed by atoms with Gasteiger partial charge >= 0.3 is 0 Å². The van der Waals surface area contributed by atoms with E-state index in [1.807, 2.05) is 22.4 Å². The van der Waals surface area contributed by atoms with Crippen LogP contribution in [0.25, 0.3) is 16.9 Å². The average molecular weight is 345 g/mol. The molecule has 1 aliphatic rings. The fourth-order valence-electron chi connectivity index (χ4n) is 3.20. The number of rotatable bonds is 2. The van der Waals surface area contributed by atoms with Gasteiger partial charge in [0.25, 0.3) is 0 Å². The predicted molar refractivity (Wildman–Crippen MR) is 92.7 cm³/mol. The number of imidazole rings is 1. The Morgan fingerprint density at radius 2 is 2.12 bits per heavy atom. The molecule has 1 unspecified atom stereocenters. The summed E-state index contributed by atoms with van der Waals surface area (Å²) in [5, 5.41) is 19.8. The van der Waals surface area contributed by atoms with Crippen molar-refractivity contribution in [2.45, 2.75) is 19.4 Å². The molecule has 3 aromatic rings. The molecule has 6 nitrogen and oxygen atoms in total. The number of phenolic OH excluding ortho intramolecular Hbond substituents is 1. The molecule has 2 N–H and O–H groups in total. The average Bonchev–Trinajstić information content (AvgIpc) is 3.17. The van der Waals surface area contributed by atoms with Crippen LogP contribution in [0.15, 0.2) is 30.7 Å². The van der Waals surface area contributed by atoms with Crippen LogP contribution in [0, 0.1) is 6.92 Å². The number of halogens is 1. The Labute approximate surface area is 144 Å². The Morgan fingerprint density at radius 1 is 1.29 bits per heavy atom. The van der Waals surface area contributed by atoms with E-state index in [2.05, 4.69) is 9.97 Å². The van der Waals surface area contributed by atoms with Gasteiger partial charge in [0.2, 0.25) is 0 Å². The maximum Gasteiger partial charge on any atom is 0.180 e. The van der Waals surface area contributed by atoms with Crippen molar-refractivity contribution in [3.05, 3.63) is 41.3 Å². The highest BCUT2D eigenvalue weighted by atomic mass is 35.5. The first-order valence-corrected chi connectivity index (χ1v) is 8.17. The van der Waals surface area contributed by atoms with E-state index in [9.17, 15) is 10.2 Å². The van der Waals surface area contributed by atoms with E-state index >= 15 is 0 Å². The topological polar surface area (TPSA) is 73.9 Å². The summed E-state index contributed by atoms with van der Waals surface area (Å²) in [6, 6.07) is 3.39. The van der Waals surface area contributed by atoms with E-state index in [0.29, 0.717) is 11.6 Å². The van der Waals surface area contributed by atoms with Crippen molar-refractivity contribution >= 4 is 23.1 Å². The summed E-state index contributed by atoms with van der Waals surface area (Å²) in [6.45, 7) is 3.25. The summed E-state index contributed by atoms with van der Waals surface area (Å²) < 4.78 is 1.96. The van der Waals surface area contributed by atoms with Crippen LogP contribution >= 0.6 is 11.6 Å². The number of benzene rings is 1. The molecule has 0 bridgehead atoms. The lowest BCUT2D eigenvalue weighted by molar-refractivity contribution is 0.198. The number of aromatic nitrogens is 3. The molecule has 0 saturated carbocycles. The Morgan fingerprint density at radius 3 is 2.88 bits per heavy atom. The van der Waals surface area contributed by atoms with E-state index < -0.39 is 0 Å². The lowest BCUT2D eigenvalue weighted by atomic mass is 10.1. The van der Waals surface area contributed by atoms with Crippen LogP contribution in [0.5, 0.6) is 5.75 Å². The molecule has 1 fully saturated rings. The molecule has 7 heteroatoms. The van der Waals surface area contributed by atoms with E-state index in [0.717, 1.165) is 41.3 Å². The zero-order valence-electron chi connectivity index (χ0n) is 13.1. The number of nitrogens with zero attached hydrogens (tertiary/aromatic N) is 4. The molecule has 4 rings (SSSR count). The fraction of sp³-hybridized carbons (Fsp3) is 0.294. The Balaban J connectivity index is 1.86. The monoisotopic (exact) mass is 344 g/mol. The van der Waals surface area contributed by atoms with Gasteiger partial charge < -0.3 is 15.1 Å². The SMILES string of the molecule is Cc1cc(O)c(Cl)cc1-c1cnc2c(N3CCC(O)C3)nccn12. The second-order valence-corrected chi connectivity index (χ2v) is 6.50. The molecular formula is C17H17ClN4O2. The third-order valence-electron chi connectivity index (χ3n) is 4.44. The molecule has 3 heterocycles. The summed E-state index contributed by atoms with van der Waals surface area (Å²) in [4.78, 5) is 11.0. The van der Waals surface area contributed by atoms with Gasteiger partial charge in [0.1, 0.15) is 5.75 Å². The first-order valence-electron chi connectivity index (χ1n) is 7.79. The van der Waals surface area contributed by atoms with Crippen molar-refractivity contribution < 1.29 is 10.2 Å². The maximum absolute atomic E-state index is 9.77. The molecule has 0 spiro atoms. The van der Waals surface area contributed by atoms with E-state index in [4.69, 9.17) is 11.6 Å². The molecule has 0 aliphatic carbocycles. The van der Waals surface area contributed by atoms with Gasteiger partial charge in [-0.05, 0) is 31.0 Å². The van der Waals surface area contributed by atoms with Crippen LogP contribution < -0.4 is 4.90 Å². The first kappa shape index (κ1) is 15.2. The number of aromatic hydroxyl groups is 1. The number of aliphatic hydroxyl groups excluding tert-OH is 1. The van der Waals surface area contributed by atoms with E-state index in [1.165, 1.54) is 0 Å². The number of hydrogen-bond donors (Lipinski definition) is 2. The van der Waals surface area contributed by atoms with Gasteiger partial charge in [-0.15, -0.1) is 0 Å². The molecule has 1 saturated heterocycles. The molecule has 124 valence electrons. The third-order valence-corrected chi connectivity index (χ3v) is 4.74. The van der Waals surface area contributed by atoms with Gasteiger partial charge in [-0.3, -0.25) is 4.40 Å². The van der Waals surface area contributed by atoms with Crippen LogP contribution in [-0.4, -0.2) is 43.8 Å². The van der Waals surface area contributed by atoms with Crippen LogP contribution in [-0.2, 0) is 0 Å². The molecule has 0 amide bonds. The lowest BCUT2D eigenvalue weighted by Gasteiger charge is -2.17. The number of fused-ring (bicyclic) bond motifs is 1. The number of hydrogen-bond acceptors (Lipinski definition) is 5. The second kappa shape index (κ2) is 5.65. The summed E-state index contributed by atoms with van der Waals surface area (Å²) in [5.41, 5.74) is 3.44. The standard InChI is InChI=1S/C17H17ClN4O2/c1-10-6-15(24)13(18)7-12(10)14-8-20-17-16(19-3-5-22(14)17)21-4-2-11(23)9-21/h3,5-8,11,23-24H,2,4,9H2,1H3. The molecule has 24 heavy (non-hydrogen) atoms. The number of aryl methyl sites for hydroxylation is 1. The second-order valence-electron chi connectivity index (χ2n) is 6.09. The molecule has 1 atom stereocenters. The van der Waals surface area contributed by atoms with Gasteiger partial charge in [-0.2, -0.15) is 0 Å². The molecule has 0 radical (unpaired) electrons. The number of phenols is 1. The van der Waals surface area contributed by atoms with Crippen LogP contribution in [0.3, 0.4) is 0 Å². The highest BCUT2D eigenvalue weighted by Gasteiger charge is 2.24. The highest BCUT2D eigenvalue weighted by Crippen LogP contribution is 2.34. The summed E-state index contributed by atoms with van der Waals surface area (Å²) in [6.07, 6.45) is 5.79. The minimum atomic E-state index is -0.320. The lowest BCUT2D eigenvalue weighted by Crippen LogP contribution is -2.23. The number of β-amino-alcohol motifs (C(OH)–C–C–N with tert-alkyl or cyclic N) is 1. The van der Waals surface area contributed by atoms with Gasteiger partial charge in [-0.1, -0.05) is 11.6 Å². The van der Waals surface area contributed by atoms with Gasteiger partial charge in [0, 0.05) is 31.0 Å². The Hall–Kier alpha value is -2.31. The zero-order chi connectivity index (χ0) is 16.8. The maximum atomic E-state index is 9.77. The van der Waals surface area contributed by atoms with E-state index in [-0.39, 0.29) is 11.9 Å². The predicted octanol–water partition coefficient (Wildman–Crippen LogP) is 2.63. The molecule has 2 aromatic heterocycles. The normalized spacial score (nSPS) is 17.8. The van der Waals surface area contributed by atoms with Crippen LogP contribution in [0.1, 0.15) is 12.0 Å². The van der Waals surface area contributed by atoms with Gasteiger partial charge in [0.15, 0.2) is 11.5 Å². The quantitative estimate of drug-likeness (QED) is 0.747. The Bertz CT molecular complexity index is 924. The van der Waals surface area contributed by atoms with Crippen LogP contribution in [0.4, 0.5) is 5.82 Å². The van der Waals surface area contributed by atoms with Crippen molar-refractivity contribution in [3.63, 3.8) is 0 Å². The van der Waals surface area contributed by atoms with Crippen molar-refractivity contribution in [3.8, 4) is 17.0 Å². The Kier molecular flexibility index (Phi) is 3.58. The number of aliphatic hydroxyl groups is 1. The smallest absolute Gasteiger partial charge is 0.180 e. The third kappa shape index (κ3) is 2.39. The molecule has 1 aromatic carbocycles. The minimum Gasteiger partial charge on any atom is -0.506 e. The van der Waals surface area contributed by atoms with Crippen molar-refractivity contribution in [2.75, 3.05) is 18.0 Å². The van der Waals surface area contributed by atoms with Crippen molar-refractivity contribution in [2.24, 2.45) is 0 Å². The van der Waals surface area contributed by atoms with E-state index in [1.54, 1.807) is 24.5 Å². The van der Waals surface area contributed by atoms with Crippen molar-refractivity contribution in [1.82, 2.24) is 14.4 Å². The van der Waals surface area contributed by atoms with Crippen LogP contribution in [0.2, 0.25) is 5.02 Å². The zero-order valence-corrected chi connectivity index (χ0v) is 13.9. The summed E-state index contributed by atoms with van der Waals surface area (Å²) in [5.74, 6) is 0.836. The van der Waals surface area contributed by atoms with Gasteiger partial charge in [0.05, 0.1) is 23.0 Å². The minimum absolute atomic E-state index is 0.0696. The summed E-state index contributed by atoms with van der Waals surface area (Å²) in [7, 11) is 0. The first-order chi connectivity index (χ1) is 11.5. The largest absolute Gasteiger partial charge is 0.506 e. The molecular weight excluding hydrogens is 328 g/mol. The molecule has 1 aliphatic heterocycles. The van der Waals surface area contributed by atoms with Crippen molar-refractivity contribution in [1.29, 1.82) is 0 Å². The highest BCUT2D eigenvalue weighted by molar-refractivity contribution is 6.32. The fourth-order valence-corrected chi connectivity index (χ4v) is 3.37. The number of anilines is 1. The van der Waals surface area contributed by atoms with Gasteiger partial charge in [-0.25, -0.2) is 9.97 Å². The summed E-state index contributed by atoms with van der Waals surface area (Å²) >= 11 is 6.08.